The topological polar surface area (TPSA) is 73.7 Å². The molecule has 0 unspecified atom stereocenters. The van der Waals surface area contributed by atoms with Crippen molar-refractivity contribution < 1.29 is 14.7 Å². The van der Waals surface area contributed by atoms with Gasteiger partial charge in [-0.3, -0.25) is 14.6 Å². The minimum Gasteiger partial charge on any atom is -0.480 e. The van der Waals surface area contributed by atoms with Crippen molar-refractivity contribution in [3.8, 4) is 0 Å². The van der Waals surface area contributed by atoms with E-state index in [9.17, 15) is 9.59 Å². The van der Waals surface area contributed by atoms with Crippen LogP contribution in [0.25, 0.3) is 0 Å². The number of rotatable bonds is 4. The van der Waals surface area contributed by atoms with Crippen molar-refractivity contribution >= 4 is 17.6 Å². The smallest absolute Gasteiger partial charge is 0.323 e. The SMILES string of the molecule is CN(C)C(=O)c1cc(N(CC(=O)O)C(C)(C)C)ccn1. The van der Waals surface area contributed by atoms with Crippen molar-refractivity contribution in [3.05, 3.63) is 24.0 Å². The summed E-state index contributed by atoms with van der Waals surface area (Å²) in [4.78, 5) is 30.1. The normalized spacial score (nSPS) is 11.1. The third-order valence-corrected chi connectivity index (χ3v) is 2.78. The molecule has 0 aliphatic heterocycles. The highest BCUT2D eigenvalue weighted by Gasteiger charge is 2.25. The first-order valence-electron chi connectivity index (χ1n) is 6.30. The Bertz CT molecular complexity index is 507. The minimum absolute atomic E-state index is 0.136. The summed E-state index contributed by atoms with van der Waals surface area (Å²) >= 11 is 0. The van der Waals surface area contributed by atoms with E-state index in [-0.39, 0.29) is 18.0 Å². The Labute approximate surface area is 119 Å². The fourth-order valence-corrected chi connectivity index (χ4v) is 1.78. The summed E-state index contributed by atoms with van der Waals surface area (Å²) in [6.45, 7) is 5.63. The number of hydrogen-bond acceptors (Lipinski definition) is 4. The Kier molecular flexibility index (Phi) is 4.70. The highest BCUT2D eigenvalue weighted by Crippen LogP contribution is 2.24. The number of carbonyl (C=O) groups is 2. The molecular weight excluding hydrogens is 258 g/mol. The van der Waals surface area contributed by atoms with Crippen molar-refractivity contribution in [1.29, 1.82) is 0 Å². The Morgan fingerprint density at radius 2 is 1.90 bits per heavy atom. The Morgan fingerprint density at radius 1 is 1.30 bits per heavy atom. The maximum atomic E-state index is 11.9. The first-order chi connectivity index (χ1) is 9.12. The van der Waals surface area contributed by atoms with Gasteiger partial charge in [0.15, 0.2) is 0 Å². The van der Waals surface area contributed by atoms with E-state index < -0.39 is 5.97 Å². The molecule has 1 amide bonds. The molecule has 1 rings (SSSR count). The van der Waals surface area contributed by atoms with Crippen molar-refractivity contribution in [3.63, 3.8) is 0 Å². The highest BCUT2D eigenvalue weighted by atomic mass is 16.4. The van der Waals surface area contributed by atoms with Crippen LogP contribution in [0.2, 0.25) is 0 Å². The lowest BCUT2D eigenvalue weighted by Gasteiger charge is -2.36. The largest absolute Gasteiger partial charge is 0.480 e. The second-order valence-electron chi connectivity index (χ2n) is 5.75. The van der Waals surface area contributed by atoms with Gasteiger partial charge in [0.1, 0.15) is 12.2 Å². The van der Waals surface area contributed by atoms with Crippen LogP contribution < -0.4 is 4.90 Å². The minimum atomic E-state index is -0.919. The molecule has 0 saturated carbocycles. The van der Waals surface area contributed by atoms with Crippen LogP contribution in [0, 0.1) is 0 Å². The average Bonchev–Trinajstić information content (AvgIpc) is 2.33. The molecule has 6 heteroatoms. The van der Waals surface area contributed by atoms with Crippen molar-refractivity contribution in [2.75, 3.05) is 25.5 Å². The zero-order valence-electron chi connectivity index (χ0n) is 12.5. The highest BCUT2D eigenvalue weighted by molar-refractivity contribution is 5.93. The zero-order valence-corrected chi connectivity index (χ0v) is 12.5. The van der Waals surface area contributed by atoms with Crippen molar-refractivity contribution in [2.45, 2.75) is 26.3 Å². The van der Waals surface area contributed by atoms with Crippen LogP contribution in [0.1, 0.15) is 31.3 Å². The lowest BCUT2D eigenvalue weighted by atomic mass is 10.0. The van der Waals surface area contributed by atoms with Crippen LogP contribution in [0.4, 0.5) is 5.69 Å². The van der Waals surface area contributed by atoms with E-state index >= 15 is 0 Å². The van der Waals surface area contributed by atoms with Gasteiger partial charge in [0, 0.05) is 31.5 Å². The van der Waals surface area contributed by atoms with Crippen molar-refractivity contribution in [1.82, 2.24) is 9.88 Å². The third-order valence-electron chi connectivity index (χ3n) is 2.78. The Hall–Kier alpha value is -2.11. The number of nitrogens with zero attached hydrogens (tertiary/aromatic N) is 3. The fraction of sp³-hybridized carbons (Fsp3) is 0.500. The van der Waals surface area contributed by atoms with Crippen LogP contribution in [0.15, 0.2) is 18.3 Å². The predicted octanol–water partition coefficient (Wildman–Crippen LogP) is 1.47. The Balaban J connectivity index is 3.18. The van der Waals surface area contributed by atoms with Crippen molar-refractivity contribution in [2.24, 2.45) is 0 Å². The maximum Gasteiger partial charge on any atom is 0.323 e. The number of amides is 1. The van der Waals surface area contributed by atoms with Crippen LogP contribution in [-0.4, -0.2) is 53.0 Å². The van der Waals surface area contributed by atoms with Gasteiger partial charge in [-0.2, -0.15) is 0 Å². The monoisotopic (exact) mass is 279 g/mol. The predicted molar refractivity (Wildman–Crippen MR) is 77.0 cm³/mol. The molecule has 0 aliphatic rings. The molecule has 0 bridgehead atoms. The van der Waals surface area contributed by atoms with Crippen LogP contribution >= 0.6 is 0 Å². The van der Waals surface area contributed by atoms with E-state index in [0.29, 0.717) is 11.4 Å². The number of anilines is 1. The number of pyridine rings is 1. The summed E-state index contributed by atoms with van der Waals surface area (Å²) in [5, 5.41) is 9.04. The number of carboxylic acids is 1. The van der Waals surface area contributed by atoms with Gasteiger partial charge in [0.25, 0.3) is 5.91 Å². The molecule has 110 valence electrons. The number of hydrogen-bond donors (Lipinski definition) is 1. The summed E-state index contributed by atoms with van der Waals surface area (Å²) in [5.41, 5.74) is 0.588. The molecule has 0 aliphatic carbocycles. The lowest BCUT2D eigenvalue weighted by Crippen LogP contribution is -2.44. The van der Waals surface area contributed by atoms with E-state index in [2.05, 4.69) is 4.98 Å². The number of carbonyl (C=O) groups excluding carboxylic acids is 1. The summed E-state index contributed by atoms with van der Waals surface area (Å²) < 4.78 is 0. The lowest BCUT2D eigenvalue weighted by molar-refractivity contribution is -0.135. The fourth-order valence-electron chi connectivity index (χ4n) is 1.78. The molecule has 1 N–H and O–H groups in total. The summed E-state index contributed by atoms with van der Waals surface area (Å²) in [6.07, 6.45) is 1.52. The maximum absolute atomic E-state index is 11.9. The van der Waals surface area contributed by atoms with E-state index in [0.717, 1.165) is 0 Å². The molecule has 0 atom stereocenters. The number of carboxylic acid groups (broad SMARTS) is 1. The van der Waals surface area contributed by atoms with E-state index in [1.165, 1.54) is 11.1 Å². The molecule has 0 radical (unpaired) electrons. The molecular formula is C14H21N3O3. The van der Waals surface area contributed by atoms with Gasteiger partial charge < -0.3 is 14.9 Å². The quantitative estimate of drug-likeness (QED) is 0.903. The molecule has 1 aromatic rings. The first kappa shape index (κ1) is 15.9. The molecule has 1 aromatic heterocycles. The van der Waals surface area contributed by atoms with Gasteiger partial charge in [0.2, 0.25) is 0 Å². The Morgan fingerprint density at radius 3 is 2.35 bits per heavy atom. The van der Waals surface area contributed by atoms with Crippen LogP contribution in [-0.2, 0) is 4.79 Å². The van der Waals surface area contributed by atoms with E-state index in [4.69, 9.17) is 5.11 Å². The second kappa shape index (κ2) is 5.90. The molecule has 6 nitrogen and oxygen atoms in total. The molecule has 1 heterocycles. The number of aliphatic carboxylic acids is 1. The molecule has 0 fully saturated rings. The molecule has 0 aromatic carbocycles. The third kappa shape index (κ3) is 3.94. The summed E-state index contributed by atoms with van der Waals surface area (Å²) in [7, 11) is 3.30. The number of aromatic nitrogens is 1. The van der Waals surface area contributed by atoms with Gasteiger partial charge in [0.05, 0.1) is 0 Å². The van der Waals surface area contributed by atoms with Gasteiger partial charge in [-0.1, -0.05) is 0 Å². The van der Waals surface area contributed by atoms with Gasteiger partial charge >= 0.3 is 5.97 Å². The average molecular weight is 279 g/mol. The first-order valence-corrected chi connectivity index (χ1v) is 6.30. The molecule has 0 spiro atoms. The van der Waals surface area contributed by atoms with Crippen LogP contribution in [0.3, 0.4) is 0 Å². The van der Waals surface area contributed by atoms with E-state index in [1.54, 1.807) is 31.1 Å². The molecule has 0 saturated heterocycles. The summed E-state index contributed by atoms with van der Waals surface area (Å²) in [5.74, 6) is -1.13. The van der Waals surface area contributed by atoms with E-state index in [1.807, 2.05) is 20.8 Å². The van der Waals surface area contributed by atoms with Gasteiger partial charge in [-0.25, -0.2) is 0 Å². The zero-order chi connectivity index (χ0) is 15.5. The summed E-state index contributed by atoms with van der Waals surface area (Å²) in [6, 6.07) is 3.33. The van der Waals surface area contributed by atoms with Gasteiger partial charge in [-0.15, -0.1) is 0 Å². The van der Waals surface area contributed by atoms with Gasteiger partial charge in [-0.05, 0) is 32.9 Å². The van der Waals surface area contributed by atoms with Crippen LogP contribution in [0.5, 0.6) is 0 Å². The standard InChI is InChI=1S/C14H21N3O3/c1-14(2,3)17(9-12(18)19)10-6-7-15-11(8-10)13(20)16(4)5/h6-8H,9H2,1-5H3,(H,18,19). The molecule has 20 heavy (non-hydrogen) atoms. The second-order valence-corrected chi connectivity index (χ2v) is 5.75.